The van der Waals surface area contributed by atoms with Crippen molar-refractivity contribution >= 4 is 16.5 Å². The van der Waals surface area contributed by atoms with Gasteiger partial charge >= 0.3 is 0 Å². The second-order valence-electron chi connectivity index (χ2n) is 8.09. The van der Waals surface area contributed by atoms with Gasteiger partial charge in [-0.25, -0.2) is 5.10 Å². The number of H-pyrrole nitrogens is 1. The van der Waals surface area contributed by atoms with Gasteiger partial charge in [-0.1, -0.05) is 54.6 Å². The minimum Gasteiger partial charge on any atom is -0.377 e. The van der Waals surface area contributed by atoms with Crippen LogP contribution < -0.4 is 10.9 Å². The van der Waals surface area contributed by atoms with Crippen molar-refractivity contribution in [3.05, 3.63) is 106 Å². The van der Waals surface area contributed by atoms with Crippen LogP contribution in [-0.4, -0.2) is 23.4 Å². The van der Waals surface area contributed by atoms with Gasteiger partial charge in [0.05, 0.1) is 23.0 Å². The molecule has 0 fully saturated rings. The molecule has 2 atom stereocenters. The first-order valence-electron chi connectivity index (χ1n) is 11.4. The van der Waals surface area contributed by atoms with Gasteiger partial charge < -0.3 is 14.8 Å². The molecule has 3 aromatic carbocycles. The van der Waals surface area contributed by atoms with Crippen molar-refractivity contribution in [2.75, 3.05) is 18.5 Å². The van der Waals surface area contributed by atoms with Gasteiger partial charge in [-0.3, -0.25) is 4.79 Å². The topological polar surface area (TPSA) is 76.2 Å². The molecule has 4 aromatic rings. The molecule has 0 radical (unpaired) electrons. The Hall–Kier alpha value is -3.48. The zero-order valence-corrected chi connectivity index (χ0v) is 18.7. The second kappa shape index (κ2) is 9.17. The van der Waals surface area contributed by atoms with E-state index < -0.39 is 6.29 Å². The molecule has 0 bridgehead atoms. The van der Waals surface area contributed by atoms with E-state index in [4.69, 9.17) is 9.47 Å². The van der Waals surface area contributed by atoms with Crippen molar-refractivity contribution in [2.24, 2.45) is 0 Å². The van der Waals surface area contributed by atoms with Gasteiger partial charge in [0.2, 0.25) is 0 Å². The molecule has 0 saturated heterocycles. The van der Waals surface area contributed by atoms with E-state index in [0.29, 0.717) is 18.6 Å². The quantitative estimate of drug-likeness (QED) is 0.381. The SMILES string of the molecule is CCOC(OCC)c1cccc(C2c3n[nH]c(=O)c4cccc(c34)NC2c2ccccc2)c1. The molecule has 5 rings (SSSR count). The Labute approximate surface area is 192 Å². The number of nitrogens with zero attached hydrogens (tertiary/aromatic N) is 1. The third kappa shape index (κ3) is 3.92. The van der Waals surface area contributed by atoms with Crippen molar-refractivity contribution in [2.45, 2.75) is 32.1 Å². The molecule has 0 spiro atoms. The highest BCUT2D eigenvalue weighted by Gasteiger charge is 2.35. The maximum absolute atomic E-state index is 12.5. The van der Waals surface area contributed by atoms with E-state index in [1.54, 1.807) is 0 Å². The second-order valence-corrected chi connectivity index (χ2v) is 8.09. The van der Waals surface area contributed by atoms with Crippen LogP contribution in [0.3, 0.4) is 0 Å². The van der Waals surface area contributed by atoms with Crippen LogP contribution >= 0.6 is 0 Å². The highest BCUT2D eigenvalue weighted by Crippen LogP contribution is 2.46. The van der Waals surface area contributed by atoms with E-state index >= 15 is 0 Å². The molecule has 2 N–H and O–H groups in total. The maximum Gasteiger partial charge on any atom is 0.272 e. The first-order valence-corrected chi connectivity index (χ1v) is 11.4. The van der Waals surface area contributed by atoms with Crippen LogP contribution in [0.15, 0.2) is 77.6 Å². The summed E-state index contributed by atoms with van der Waals surface area (Å²) in [4.78, 5) is 12.5. The van der Waals surface area contributed by atoms with Crippen molar-refractivity contribution in [1.82, 2.24) is 10.2 Å². The fraction of sp³-hybridized carbons (Fsp3) is 0.259. The first kappa shape index (κ1) is 21.4. The van der Waals surface area contributed by atoms with E-state index in [0.717, 1.165) is 33.5 Å². The summed E-state index contributed by atoms with van der Waals surface area (Å²) in [6, 6.07) is 24.3. The molecular weight excluding hydrogens is 414 g/mol. The third-order valence-corrected chi connectivity index (χ3v) is 6.12. The molecule has 168 valence electrons. The summed E-state index contributed by atoms with van der Waals surface area (Å²) < 4.78 is 11.7. The number of hydrogen-bond donors (Lipinski definition) is 2. The molecule has 0 amide bonds. The minimum atomic E-state index is -0.428. The Bertz CT molecular complexity index is 1310. The number of anilines is 1. The van der Waals surface area contributed by atoms with E-state index in [1.807, 2.05) is 62.4 Å². The Kier molecular flexibility index (Phi) is 5.94. The normalized spacial score (nSPS) is 17.3. The first-order chi connectivity index (χ1) is 16.2. The summed E-state index contributed by atoms with van der Waals surface area (Å²) >= 11 is 0. The average molecular weight is 442 g/mol. The van der Waals surface area contributed by atoms with E-state index in [1.165, 1.54) is 0 Å². The molecule has 6 heteroatoms. The summed E-state index contributed by atoms with van der Waals surface area (Å²) in [7, 11) is 0. The van der Waals surface area contributed by atoms with Gasteiger partial charge in [0, 0.05) is 29.9 Å². The number of benzene rings is 3. The van der Waals surface area contributed by atoms with Gasteiger partial charge in [-0.05, 0) is 43.2 Å². The third-order valence-electron chi connectivity index (χ3n) is 6.12. The Morgan fingerprint density at radius 2 is 1.64 bits per heavy atom. The molecule has 33 heavy (non-hydrogen) atoms. The summed E-state index contributed by atoms with van der Waals surface area (Å²) in [5.74, 6) is -0.120. The zero-order chi connectivity index (χ0) is 22.8. The van der Waals surface area contributed by atoms with Gasteiger partial charge in [-0.15, -0.1) is 0 Å². The Morgan fingerprint density at radius 1 is 0.909 bits per heavy atom. The minimum absolute atomic E-state index is 0.0596. The number of aromatic amines is 1. The monoisotopic (exact) mass is 441 g/mol. The van der Waals surface area contributed by atoms with Crippen LogP contribution in [0.2, 0.25) is 0 Å². The standard InChI is InChI=1S/C27H27N3O3/c1-3-32-27(33-4-2)19-13-8-12-18(16-19)22-24(17-10-6-5-7-11-17)28-21-15-9-14-20-23(21)25(22)29-30-26(20)31/h5-16,22,24,27-28H,3-4H2,1-2H3,(H,30,31). The lowest BCUT2D eigenvalue weighted by molar-refractivity contribution is -0.140. The molecule has 0 saturated carbocycles. The number of aromatic nitrogens is 2. The smallest absolute Gasteiger partial charge is 0.272 e. The molecule has 2 heterocycles. The maximum atomic E-state index is 12.5. The molecule has 2 unspecified atom stereocenters. The number of hydrogen-bond acceptors (Lipinski definition) is 5. The number of rotatable bonds is 7. The lowest BCUT2D eigenvalue weighted by Crippen LogP contribution is -2.28. The summed E-state index contributed by atoms with van der Waals surface area (Å²) in [6.45, 7) is 5.04. The highest BCUT2D eigenvalue weighted by molar-refractivity contribution is 5.97. The fourth-order valence-electron chi connectivity index (χ4n) is 4.73. The van der Waals surface area contributed by atoms with Crippen LogP contribution in [0.4, 0.5) is 5.69 Å². The number of nitrogens with one attached hydrogen (secondary N) is 2. The van der Waals surface area contributed by atoms with Gasteiger partial charge in [0.1, 0.15) is 0 Å². The summed E-state index contributed by atoms with van der Waals surface area (Å²) in [5, 5.41) is 12.5. The van der Waals surface area contributed by atoms with Crippen LogP contribution in [0.5, 0.6) is 0 Å². The molecular formula is C27H27N3O3. The lowest BCUT2D eigenvalue weighted by atomic mass is 9.79. The van der Waals surface area contributed by atoms with Crippen molar-refractivity contribution in [3.8, 4) is 0 Å². The van der Waals surface area contributed by atoms with Crippen molar-refractivity contribution in [1.29, 1.82) is 0 Å². The summed E-state index contributed by atoms with van der Waals surface area (Å²) in [6.07, 6.45) is -0.428. The molecule has 1 aromatic heterocycles. The molecule has 6 nitrogen and oxygen atoms in total. The van der Waals surface area contributed by atoms with Crippen LogP contribution in [0.1, 0.15) is 54.5 Å². The predicted octanol–water partition coefficient (Wildman–Crippen LogP) is 5.29. The van der Waals surface area contributed by atoms with Crippen LogP contribution in [0, 0.1) is 0 Å². The number of ether oxygens (including phenoxy) is 2. The van der Waals surface area contributed by atoms with Crippen molar-refractivity contribution in [3.63, 3.8) is 0 Å². The van der Waals surface area contributed by atoms with Crippen molar-refractivity contribution < 1.29 is 9.47 Å². The zero-order valence-electron chi connectivity index (χ0n) is 18.7. The summed E-state index contributed by atoms with van der Waals surface area (Å²) in [5.41, 5.74) is 4.78. The predicted molar refractivity (Wildman–Crippen MR) is 129 cm³/mol. The van der Waals surface area contributed by atoms with Gasteiger partial charge in [0.25, 0.3) is 5.56 Å². The van der Waals surface area contributed by atoms with E-state index in [9.17, 15) is 4.79 Å². The lowest BCUT2D eigenvalue weighted by Gasteiger charge is -2.35. The molecule has 1 aliphatic rings. The highest BCUT2D eigenvalue weighted by atomic mass is 16.7. The van der Waals surface area contributed by atoms with Gasteiger partial charge in [-0.2, -0.15) is 5.10 Å². The molecule has 1 aliphatic heterocycles. The van der Waals surface area contributed by atoms with E-state index in [-0.39, 0.29) is 17.5 Å². The Balaban J connectivity index is 1.70. The van der Waals surface area contributed by atoms with Gasteiger partial charge in [0.15, 0.2) is 6.29 Å². The fourth-order valence-corrected chi connectivity index (χ4v) is 4.73. The average Bonchev–Trinajstić information content (AvgIpc) is 2.86. The Morgan fingerprint density at radius 3 is 2.39 bits per heavy atom. The van der Waals surface area contributed by atoms with E-state index in [2.05, 4.69) is 39.8 Å². The largest absolute Gasteiger partial charge is 0.377 e. The van der Waals surface area contributed by atoms with Crippen LogP contribution in [-0.2, 0) is 9.47 Å². The van der Waals surface area contributed by atoms with Crippen LogP contribution in [0.25, 0.3) is 10.8 Å². The molecule has 0 aliphatic carbocycles.